The first kappa shape index (κ1) is 14.5. The van der Waals surface area contributed by atoms with Gasteiger partial charge in [0.25, 0.3) is 0 Å². The molecule has 1 aliphatic rings. The molecule has 0 bridgehead atoms. The van der Waals surface area contributed by atoms with Gasteiger partial charge < -0.3 is 15.1 Å². The first-order valence-corrected chi connectivity index (χ1v) is 6.65. The van der Waals surface area contributed by atoms with Crippen molar-refractivity contribution < 1.29 is 19.8 Å². The third kappa shape index (κ3) is 3.54. The summed E-state index contributed by atoms with van der Waals surface area (Å²) in [5.74, 6) is -3.63. The highest BCUT2D eigenvalue weighted by Crippen LogP contribution is 2.24. The van der Waals surface area contributed by atoms with Crippen LogP contribution in [0, 0.1) is 11.8 Å². The molecule has 1 fully saturated rings. The molecule has 2 unspecified atom stereocenters. The van der Waals surface area contributed by atoms with E-state index < -0.39 is 23.8 Å². The van der Waals surface area contributed by atoms with E-state index >= 15 is 0 Å². The Kier molecular flexibility index (Phi) is 4.68. The van der Waals surface area contributed by atoms with Crippen LogP contribution in [0.1, 0.15) is 12.0 Å². The Morgan fingerprint density at radius 2 is 2.05 bits per heavy atom. The first-order chi connectivity index (χ1) is 9.58. The van der Waals surface area contributed by atoms with Gasteiger partial charge in [-0.25, -0.2) is 0 Å². The number of nitrogens with zero attached hydrogens (tertiary/aromatic N) is 2. The quantitative estimate of drug-likeness (QED) is 0.825. The fourth-order valence-electron chi connectivity index (χ4n) is 2.60. The minimum atomic E-state index is -1.02. The van der Waals surface area contributed by atoms with Crippen LogP contribution in [0.3, 0.4) is 0 Å². The van der Waals surface area contributed by atoms with E-state index in [1.54, 1.807) is 12.4 Å². The number of hydrogen-bond acceptors (Lipinski definition) is 4. The molecule has 0 spiro atoms. The second kappa shape index (κ2) is 6.47. The van der Waals surface area contributed by atoms with Gasteiger partial charge in [-0.15, -0.1) is 0 Å². The maximum absolute atomic E-state index is 11.2. The minimum Gasteiger partial charge on any atom is -0.481 e. The van der Waals surface area contributed by atoms with Gasteiger partial charge in [-0.05, 0) is 31.0 Å². The number of aliphatic carboxylic acids is 2. The van der Waals surface area contributed by atoms with E-state index in [9.17, 15) is 9.59 Å². The Bertz CT molecular complexity index is 477. The van der Waals surface area contributed by atoms with E-state index in [1.807, 2.05) is 17.0 Å². The molecule has 0 amide bonds. The summed E-state index contributed by atoms with van der Waals surface area (Å²) >= 11 is 0. The summed E-state index contributed by atoms with van der Waals surface area (Å²) in [7, 11) is 0. The molecule has 2 heterocycles. The molecule has 2 atom stereocenters. The van der Waals surface area contributed by atoms with Crippen molar-refractivity contribution in [2.45, 2.75) is 12.8 Å². The highest BCUT2D eigenvalue weighted by molar-refractivity contribution is 5.80. The number of hydrogen-bond donors (Lipinski definition) is 2. The van der Waals surface area contributed by atoms with Crippen LogP contribution in [0.4, 0.5) is 0 Å². The number of rotatable bonds is 5. The number of carbonyl (C=O) groups is 2. The number of aromatic nitrogens is 1. The Balaban J connectivity index is 1.92. The minimum absolute atomic E-state index is 0.298. The largest absolute Gasteiger partial charge is 0.481 e. The zero-order valence-corrected chi connectivity index (χ0v) is 11.1. The standard InChI is InChI=1S/C14H18N2O4/c17-13(18)11-4-7-16(9-12(11)14(19)20)6-3-10-2-1-5-15-8-10/h1-2,5,8,11-12H,3-4,6-7,9H2,(H,17,18)(H,19,20). The molecular weight excluding hydrogens is 260 g/mol. The van der Waals surface area contributed by atoms with Crippen molar-refractivity contribution in [1.82, 2.24) is 9.88 Å². The van der Waals surface area contributed by atoms with E-state index in [2.05, 4.69) is 4.98 Å². The lowest BCUT2D eigenvalue weighted by Crippen LogP contribution is -2.47. The summed E-state index contributed by atoms with van der Waals surface area (Å²) in [6, 6.07) is 3.84. The zero-order valence-electron chi connectivity index (χ0n) is 11.1. The van der Waals surface area contributed by atoms with Gasteiger partial charge in [-0.3, -0.25) is 14.6 Å². The summed E-state index contributed by atoms with van der Waals surface area (Å²) in [4.78, 5) is 28.3. The monoisotopic (exact) mass is 278 g/mol. The lowest BCUT2D eigenvalue weighted by molar-refractivity contribution is -0.157. The molecule has 1 aliphatic heterocycles. The fourth-order valence-corrected chi connectivity index (χ4v) is 2.60. The molecule has 0 radical (unpaired) electrons. The van der Waals surface area contributed by atoms with Crippen molar-refractivity contribution in [3.05, 3.63) is 30.1 Å². The summed E-state index contributed by atoms with van der Waals surface area (Å²) in [5, 5.41) is 18.2. The maximum Gasteiger partial charge on any atom is 0.308 e. The molecule has 0 aliphatic carbocycles. The van der Waals surface area contributed by atoms with Crippen LogP contribution in [0.2, 0.25) is 0 Å². The highest BCUT2D eigenvalue weighted by atomic mass is 16.4. The van der Waals surface area contributed by atoms with Crippen LogP contribution in [-0.2, 0) is 16.0 Å². The fraction of sp³-hybridized carbons (Fsp3) is 0.500. The molecule has 2 N–H and O–H groups in total. The molecule has 1 aromatic heterocycles. The molecule has 108 valence electrons. The van der Waals surface area contributed by atoms with Gasteiger partial charge in [-0.1, -0.05) is 6.07 Å². The van der Waals surface area contributed by atoms with Gasteiger partial charge in [0.2, 0.25) is 0 Å². The zero-order chi connectivity index (χ0) is 14.5. The third-order valence-corrected chi connectivity index (χ3v) is 3.77. The van der Waals surface area contributed by atoms with E-state index in [0.29, 0.717) is 19.5 Å². The topological polar surface area (TPSA) is 90.7 Å². The van der Waals surface area contributed by atoms with Gasteiger partial charge >= 0.3 is 11.9 Å². The van der Waals surface area contributed by atoms with Crippen molar-refractivity contribution in [1.29, 1.82) is 0 Å². The molecule has 20 heavy (non-hydrogen) atoms. The molecule has 1 saturated heterocycles. The average Bonchev–Trinajstić information content (AvgIpc) is 2.45. The van der Waals surface area contributed by atoms with Gasteiger partial charge in [0.1, 0.15) is 0 Å². The van der Waals surface area contributed by atoms with Crippen molar-refractivity contribution in [3.63, 3.8) is 0 Å². The summed E-state index contributed by atoms with van der Waals surface area (Å²) in [5.41, 5.74) is 1.10. The van der Waals surface area contributed by atoms with Crippen molar-refractivity contribution in [2.75, 3.05) is 19.6 Å². The number of carboxylic acids is 2. The second-order valence-corrected chi connectivity index (χ2v) is 5.09. The van der Waals surface area contributed by atoms with Gasteiger partial charge in [0.15, 0.2) is 0 Å². The Morgan fingerprint density at radius 1 is 1.30 bits per heavy atom. The predicted octanol–water partition coefficient (Wildman–Crippen LogP) is 0.731. The molecular formula is C14H18N2O4. The van der Waals surface area contributed by atoms with Crippen molar-refractivity contribution in [2.24, 2.45) is 11.8 Å². The number of likely N-dealkylation sites (tertiary alicyclic amines) is 1. The van der Waals surface area contributed by atoms with E-state index in [1.165, 1.54) is 0 Å². The molecule has 0 saturated carbocycles. The van der Waals surface area contributed by atoms with Crippen LogP contribution in [0.5, 0.6) is 0 Å². The van der Waals surface area contributed by atoms with E-state index in [4.69, 9.17) is 10.2 Å². The lowest BCUT2D eigenvalue weighted by Gasteiger charge is -2.34. The molecule has 6 nitrogen and oxygen atoms in total. The van der Waals surface area contributed by atoms with Crippen LogP contribution in [-0.4, -0.2) is 51.7 Å². The third-order valence-electron chi connectivity index (χ3n) is 3.77. The SMILES string of the molecule is O=C(O)C1CCN(CCc2cccnc2)CC1C(=O)O. The lowest BCUT2D eigenvalue weighted by atomic mass is 9.85. The molecule has 2 rings (SSSR count). The smallest absolute Gasteiger partial charge is 0.308 e. The Hall–Kier alpha value is -1.95. The van der Waals surface area contributed by atoms with Crippen molar-refractivity contribution >= 4 is 11.9 Å². The molecule has 0 aromatic carbocycles. The number of carboxylic acid groups (broad SMARTS) is 2. The summed E-state index contributed by atoms with van der Waals surface area (Å²) < 4.78 is 0. The first-order valence-electron chi connectivity index (χ1n) is 6.65. The predicted molar refractivity (Wildman–Crippen MR) is 71.2 cm³/mol. The Morgan fingerprint density at radius 3 is 2.65 bits per heavy atom. The van der Waals surface area contributed by atoms with Gasteiger partial charge in [0.05, 0.1) is 11.8 Å². The van der Waals surface area contributed by atoms with Crippen molar-refractivity contribution in [3.8, 4) is 0 Å². The van der Waals surface area contributed by atoms with E-state index in [0.717, 1.165) is 18.5 Å². The molecule has 6 heteroatoms. The van der Waals surface area contributed by atoms with Crippen LogP contribution in [0.15, 0.2) is 24.5 Å². The second-order valence-electron chi connectivity index (χ2n) is 5.09. The number of piperidine rings is 1. The van der Waals surface area contributed by atoms with Crippen LogP contribution in [0.25, 0.3) is 0 Å². The highest BCUT2D eigenvalue weighted by Gasteiger charge is 2.38. The maximum atomic E-state index is 11.2. The van der Waals surface area contributed by atoms with Gasteiger partial charge in [0, 0.05) is 25.5 Å². The number of pyridine rings is 1. The van der Waals surface area contributed by atoms with Crippen LogP contribution >= 0.6 is 0 Å². The molecule has 1 aromatic rings. The van der Waals surface area contributed by atoms with Crippen LogP contribution < -0.4 is 0 Å². The normalized spacial score (nSPS) is 23.4. The van der Waals surface area contributed by atoms with Gasteiger partial charge in [-0.2, -0.15) is 0 Å². The Labute approximate surface area is 117 Å². The summed E-state index contributed by atoms with van der Waals surface area (Å²) in [6.45, 7) is 1.65. The van der Waals surface area contributed by atoms with E-state index in [-0.39, 0.29) is 0 Å². The average molecular weight is 278 g/mol. The summed E-state index contributed by atoms with van der Waals surface area (Å²) in [6.07, 6.45) is 4.68.